The SMILES string of the molecule is NC(=O)C(NC(=O)OCc1ccccc1)C(=O)NCCOc1ccc(F)cc1. The first-order valence-corrected chi connectivity index (χ1v) is 8.38. The highest BCUT2D eigenvalue weighted by atomic mass is 19.1. The van der Waals surface area contributed by atoms with Gasteiger partial charge in [0.2, 0.25) is 5.91 Å². The van der Waals surface area contributed by atoms with Gasteiger partial charge in [-0.3, -0.25) is 9.59 Å². The molecule has 0 aliphatic rings. The maximum atomic E-state index is 12.8. The number of hydrogen-bond acceptors (Lipinski definition) is 5. The lowest BCUT2D eigenvalue weighted by molar-refractivity contribution is -0.130. The molecule has 9 heteroatoms. The number of alkyl carbamates (subject to hydrolysis) is 1. The Kier molecular flexibility index (Phi) is 7.77. The van der Waals surface area contributed by atoms with Crippen molar-refractivity contribution in [3.05, 3.63) is 66.0 Å². The van der Waals surface area contributed by atoms with Crippen molar-refractivity contribution in [3.63, 3.8) is 0 Å². The van der Waals surface area contributed by atoms with E-state index in [0.29, 0.717) is 5.75 Å². The molecule has 2 aromatic rings. The van der Waals surface area contributed by atoms with Crippen LogP contribution in [0.3, 0.4) is 0 Å². The van der Waals surface area contributed by atoms with Crippen molar-refractivity contribution in [2.75, 3.05) is 13.2 Å². The molecule has 8 nitrogen and oxygen atoms in total. The van der Waals surface area contributed by atoms with Gasteiger partial charge in [-0.05, 0) is 29.8 Å². The van der Waals surface area contributed by atoms with Crippen LogP contribution in [0.4, 0.5) is 9.18 Å². The normalized spacial score (nSPS) is 11.2. The fourth-order valence-corrected chi connectivity index (χ4v) is 2.12. The predicted molar refractivity (Wildman–Crippen MR) is 97.6 cm³/mol. The third kappa shape index (κ3) is 6.94. The van der Waals surface area contributed by atoms with Crippen molar-refractivity contribution in [1.82, 2.24) is 10.6 Å². The summed E-state index contributed by atoms with van der Waals surface area (Å²) in [4.78, 5) is 35.3. The fraction of sp³-hybridized carbons (Fsp3) is 0.211. The molecular weight excluding hydrogens is 369 g/mol. The molecule has 0 aliphatic carbocycles. The van der Waals surface area contributed by atoms with E-state index < -0.39 is 29.8 Å². The van der Waals surface area contributed by atoms with Gasteiger partial charge in [0.05, 0.1) is 6.54 Å². The lowest BCUT2D eigenvalue weighted by atomic mass is 10.2. The molecule has 1 atom stereocenters. The lowest BCUT2D eigenvalue weighted by Gasteiger charge is -2.15. The van der Waals surface area contributed by atoms with E-state index in [1.165, 1.54) is 24.3 Å². The van der Waals surface area contributed by atoms with Crippen LogP contribution in [0.2, 0.25) is 0 Å². The molecule has 0 saturated heterocycles. The van der Waals surface area contributed by atoms with E-state index >= 15 is 0 Å². The van der Waals surface area contributed by atoms with Gasteiger partial charge in [-0.2, -0.15) is 0 Å². The second kappa shape index (κ2) is 10.5. The van der Waals surface area contributed by atoms with Gasteiger partial charge in [0, 0.05) is 0 Å². The van der Waals surface area contributed by atoms with E-state index in [9.17, 15) is 18.8 Å². The summed E-state index contributed by atoms with van der Waals surface area (Å²) >= 11 is 0. The van der Waals surface area contributed by atoms with Crippen LogP contribution in [-0.2, 0) is 20.9 Å². The van der Waals surface area contributed by atoms with Crippen molar-refractivity contribution in [1.29, 1.82) is 0 Å². The first-order valence-electron chi connectivity index (χ1n) is 8.38. The van der Waals surface area contributed by atoms with Gasteiger partial charge in [-0.15, -0.1) is 0 Å². The van der Waals surface area contributed by atoms with Gasteiger partial charge in [-0.1, -0.05) is 30.3 Å². The zero-order valence-corrected chi connectivity index (χ0v) is 14.9. The number of amides is 3. The summed E-state index contributed by atoms with van der Waals surface area (Å²) in [5.41, 5.74) is 5.91. The Balaban J connectivity index is 1.75. The van der Waals surface area contributed by atoms with Crippen molar-refractivity contribution in [2.45, 2.75) is 12.6 Å². The molecule has 0 radical (unpaired) electrons. The number of hydrogen-bond donors (Lipinski definition) is 3. The molecule has 0 heterocycles. The molecular formula is C19H20FN3O5. The molecule has 0 aliphatic heterocycles. The van der Waals surface area contributed by atoms with E-state index in [4.69, 9.17) is 15.2 Å². The number of primary amides is 1. The minimum absolute atomic E-state index is 0.0225. The van der Waals surface area contributed by atoms with Crippen LogP contribution >= 0.6 is 0 Å². The standard InChI is InChI=1S/C19H20FN3O5/c20-14-6-8-15(9-7-14)27-11-10-22-18(25)16(17(21)24)23-19(26)28-12-13-4-2-1-3-5-13/h1-9,16H,10-12H2,(H2,21,24)(H,22,25)(H,23,26). The largest absolute Gasteiger partial charge is 0.492 e. The number of carbonyl (C=O) groups is 3. The molecule has 2 aromatic carbocycles. The first-order chi connectivity index (χ1) is 13.5. The summed E-state index contributed by atoms with van der Waals surface area (Å²) in [5, 5.41) is 4.54. The summed E-state index contributed by atoms with van der Waals surface area (Å²) in [6.45, 7) is 0.0906. The highest BCUT2D eigenvalue weighted by molar-refractivity contribution is 6.05. The Hall–Kier alpha value is -3.62. The fourth-order valence-electron chi connectivity index (χ4n) is 2.12. The van der Waals surface area contributed by atoms with Crippen molar-refractivity contribution < 1.29 is 28.2 Å². The van der Waals surface area contributed by atoms with E-state index in [1.54, 1.807) is 24.3 Å². The number of benzene rings is 2. The summed E-state index contributed by atoms with van der Waals surface area (Å²) in [5.74, 6) is -1.81. The third-order valence-electron chi connectivity index (χ3n) is 3.51. The van der Waals surface area contributed by atoms with Gasteiger partial charge < -0.3 is 25.8 Å². The predicted octanol–water partition coefficient (Wildman–Crippen LogP) is 1.10. The number of rotatable bonds is 9. The van der Waals surface area contributed by atoms with Crippen LogP contribution < -0.4 is 21.1 Å². The van der Waals surface area contributed by atoms with Crippen molar-refractivity contribution in [2.24, 2.45) is 5.73 Å². The van der Waals surface area contributed by atoms with Crippen molar-refractivity contribution in [3.8, 4) is 5.75 Å². The molecule has 0 spiro atoms. The van der Waals surface area contributed by atoms with Crippen LogP contribution in [0.1, 0.15) is 5.56 Å². The maximum absolute atomic E-state index is 12.8. The van der Waals surface area contributed by atoms with Gasteiger partial charge in [-0.25, -0.2) is 9.18 Å². The van der Waals surface area contributed by atoms with Gasteiger partial charge in [0.25, 0.3) is 5.91 Å². The second-order valence-corrected chi connectivity index (χ2v) is 5.63. The topological polar surface area (TPSA) is 120 Å². The highest BCUT2D eigenvalue weighted by Gasteiger charge is 2.26. The van der Waals surface area contributed by atoms with E-state index in [0.717, 1.165) is 5.56 Å². The van der Waals surface area contributed by atoms with Gasteiger partial charge in [0.15, 0.2) is 6.04 Å². The molecule has 2 rings (SSSR count). The lowest BCUT2D eigenvalue weighted by Crippen LogP contribution is -2.54. The van der Waals surface area contributed by atoms with Crippen LogP contribution in [0.15, 0.2) is 54.6 Å². The quantitative estimate of drug-likeness (QED) is 0.438. The zero-order valence-electron chi connectivity index (χ0n) is 14.9. The minimum Gasteiger partial charge on any atom is -0.492 e. The average Bonchev–Trinajstić information content (AvgIpc) is 2.69. The molecule has 0 fully saturated rings. The molecule has 1 unspecified atom stereocenters. The first kappa shape index (κ1) is 20.7. The van der Waals surface area contributed by atoms with Gasteiger partial charge in [0.1, 0.15) is 24.8 Å². The monoisotopic (exact) mass is 389 g/mol. The number of nitrogens with one attached hydrogen (secondary N) is 2. The Bertz CT molecular complexity index is 799. The molecule has 28 heavy (non-hydrogen) atoms. The van der Waals surface area contributed by atoms with Gasteiger partial charge >= 0.3 is 6.09 Å². The zero-order chi connectivity index (χ0) is 20.4. The Morgan fingerprint density at radius 2 is 1.71 bits per heavy atom. The molecule has 0 saturated carbocycles. The Morgan fingerprint density at radius 1 is 1.04 bits per heavy atom. The third-order valence-corrected chi connectivity index (χ3v) is 3.51. The molecule has 0 aromatic heterocycles. The Morgan fingerprint density at radius 3 is 2.36 bits per heavy atom. The molecule has 4 N–H and O–H groups in total. The summed E-state index contributed by atoms with van der Waals surface area (Å²) in [7, 11) is 0. The summed E-state index contributed by atoms with van der Waals surface area (Å²) < 4.78 is 23.1. The Labute approximate surface area is 160 Å². The van der Waals surface area contributed by atoms with E-state index in [2.05, 4.69) is 10.6 Å². The van der Waals surface area contributed by atoms with Crippen LogP contribution in [0, 0.1) is 5.82 Å². The van der Waals surface area contributed by atoms with E-state index in [-0.39, 0.29) is 19.8 Å². The number of carbonyl (C=O) groups excluding carboxylic acids is 3. The molecule has 3 amide bonds. The van der Waals surface area contributed by atoms with Crippen LogP contribution in [0.5, 0.6) is 5.75 Å². The van der Waals surface area contributed by atoms with Crippen molar-refractivity contribution >= 4 is 17.9 Å². The van der Waals surface area contributed by atoms with Crippen LogP contribution in [-0.4, -0.2) is 37.1 Å². The van der Waals surface area contributed by atoms with E-state index in [1.807, 2.05) is 6.07 Å². The van der Waals surface area contributed by atoms with Crippen LogP contribution in [0.25, 0.3) is 0 Å². The maximum Gasteiger partial charge on any atom is 0.408 e. The average molecular weight is 389 g/mol. The second-order valence-electron chi connectivity index (χ2n) is 5.63. The molecule has 148 valence electrons. The highest BCUT2D eigenvalue weighted by Crippen LogP contribution is 2.10. The number of ether oxygens (including phenoxy) is 2. The number of nitrogens with two attached hydrogens (primary N) is 1. The summed E-state index contributed by atoms with van der Waals surface area (Å²) in [6.07, 6.45) is -0.953. The molecule has 0 bridgehead atoms. The summed E-state index contributed by atoms with van der Waals surface area (Å²) in [6, 6.07) is 12.7. The number of halogens is 1. The smallest absolute Gasteiger partial charge is 0.408 e. The minimum atomic E-state index is -1.59.